The van der Waals surface area contributed by atoms with E-state index in [1.807, 2.05) is 116 Å². The lowest BCUT2D eigenvalue weighted by atomic mass is 10.1. The zero-order chi connectivity index (χ0) is 23.0. The molecule has 2 amide bonds. The van der Waals surface area contributed by atoms with Gasteiger partial charge in [-0.15, -0.1) is 11.8 Å². The highest BCUT2D eigenvalue weighted by molar-refractivity contribution is 8.00. The number of carbonyl (C=O) groups is 2. The minimum absolute atomic E-state index is 0.00525. The number of para-hydroxylation sites is 2. The topological polar surface area (TPSA) is 49.4 Å². The Bertz CT molecular complexity index is 1190. The summed E-state index contributed by atoms with van der Waals surface area (Å²) in [7, 11) is 0. The van der Waals surface area contributed by atoms with Gasteiger partial charge in [0.1, 0.15) is 0 Å². The summed E-state index contributed by atoms with van der Waals surface area (Å²) >= 11 is 1.47. The van der Waals surface area contributed by atoms with Crippen LogP contribution in [-0.4, -0.2) is 17.6 Å². The summed E-state index contributed by atoms with van der Waals surface area (Å²) in [5, 5.41) is 2.93. The fourth-order valence-electron chi connectivity index (χ4n) is 3.46. The number of anilines is 3. The molecule has 0 atom stereocenters. The number of rotatable bonds is 7. The highest BCUT2D eigenvalue weighted by Gasteiger charge is 2.18. The van der Waals surface area contributed by atoms with Crippen molar-refractivity contribution in [3.63, 3.8) is 0 Å². The molecule has 0 bridgehead atoms. The first-order valence-corrected chi connectivity index (χ1v) is 11.6. The van der Waals surface area contributed by atoms with E-state index in [1.54, 1.807) is 4.90 Å². The Morgan fingerprint density at radius 3 is 1.85 bits per heavy atom. The second-order valence-corrected chi connectivity index (χ2v) is 8.53. The number of amides is 2. The third kappa shape index (κ3) is 5.70. The van der Waals surface area contributed by atoms with Crippen molar-refractivity contribution in [1.82, 2.24) is 0 Å². The number of thioether (sulfide) groups is 1. The van der Waals surface area contributed by atoms with E-state index in [0.717, 1.165) is 21.8 Å². The molecule has 0 radical (unpaired) electrons. The van der Waals surface area contributed by atoms with Crippen molar-refractivity contribution in [2.45, 2.75) is 11.8 Å². The average Bonchev–Trinajstić information content (AvgIpc) is 2.85. The van der Waals surface area contributed by atoms with Crippen molar-refractivity contribution in [2.24, 2.45) is 0 Å². The molecular formula is C28H24N2O2S. The van der Waals surface area contributed by atoms with Crippen LogP contribution in [0.2, 0.25) is 0 Å². The van der Waals surface area contributed by atoms with Crippen LogP contribution in [0.4, 0.5) is 17.1 Å². The molecule has 0 aliphatic heterocycles. The summed E-state index contributed by atoms with van der Waals surface area (Å²) in [6.07, 6.45) is 0. The molecule has 0 heterocycles. The van der Waals surface area contributed by atoms with Gasteiger partial charge in [-0.1, -0.05) is 54.6 Å². The molecule has 0 unspecified atom stereocenters. The molecule has 0 aromatic heterocycles. The molecule has 0 aliphatic rings. The summed E-state index contributed by atoms with van der Waals surface area (Å²) in [4.78, 5) is 28.4. The second kappa shape index (κ2) is 10.7. The van der Waals surface area contributed by atoms with E-state index in [9.17, 15) is 9.59 Å². The van der Waals surface area contributed by atoms with E-state index in [-0.39, 0.29) is 11.8 Å². The Hall–Kier alpha value is -3.83. The predicted molar refractivity (Wildman–Crippen MR) is 136 cm³/mol. The van der Waals surface area contributed by atoms with Gasteiger partial charge in [0.25, 0.3) is 5.91 Å². The minimum Gasteiger partial charge on any atom is -0.322 e. The second-order valence-electron chi connectivity index (χ2n) is 7.48. The summed E-state index contributed by atoms with van der Waals surface area (Å²) in [5.41, 5.74) is 3.98. The highest BCUT2D eigenvalue weighted by Crippen LogP contribution is 2.28. The molecule has 164 valence electrons. The molecular weight excluding hydrogens is 428 g/mol. The van der Waals surface area contributed by atoms with E-state index in [2.05, 4.69) is 5.32 Å². The molecule has 5 heteroatoms. The zero-order valence-electron chi connectivity index (χ0n) is 18.3. The first-order valence-electron chi connectivity index (χ1n) is 10.6. The molecule has 0 fully saturated rings. The lowest BCUT2D eigenvalue weighted by Gasteiger charge is -2.23. The standard InChI is InChI=1S/C28H24N2O2S/c1-21-10-8-9-15-26(21)28(32)29-22-16-18-25(19-17-22)33-20-27(31)30(23-11-4-2-5-12-23)24-13-6-3-7-14-24/h2-19H,20H2,1H3,(H,29,32). The summed E-state index contributed by atoms with van der Waals surface area (Å²) in [5.74, 6) is 0.151. The van der Waals surface area contributed by atoms with Crippen LogP contribution < -0.4 is 10.2 Å². The number of aryl methyl sites for hydroxylation is 1. The van der Waals surface area contributed by atoms with Crippen LogP contribution >= 0.6 is 11.8 Å². The zero-order valence-corrected chi connectivity index (χ0v) is 19.1. The molecule has 4 nitrogen and oxygen atoms in total. The van der Waals surface area contributed by atoms with Gasteiger partial charge in [0, 0.05) is 27.5 Å². The van der Waals surface area contributed by atoms with Gasteiger partial charge >= 0.3 is 0 Å². The number of carbonyl (C=O) groups excluding carboxylic acids is 2. The summed E-state index contributed by atoms with van der Waals surface area (Å²) in [6, 6.07) is 34.3. The predicted octanol–water partition coefficient (Wildman–Crippen LogP) is 6.70. The van der Waals surface area contributed by atoms with Crippen molar-refractivity contribution < 1.29 is 9.59 Å². The van der Waals surface area contributed by atoms with Gasteiger partial charge in [0.05, 0.1) is 5.75 Å². The van der Waals surface area contributed by atoms with Crippen LogP contribution in [0.3, 0.4) is 0 Å². The number of nitrogens with one attached hydrogen (secondary N) is 1. The fraction of sp³-hybridized carbons (Fsp3) is 0.0714. The van der Waals surface area contributed by atoms with E-state index < -0.39 is 0 Å². The average molecular weight is 453 g/mol. The Balaban J connectivity index is 1.41. The number of nitrogens with zero attached hydrogens (tertiary/aromatic N) is 1. The largest absolute Gasteiger partial charge is 0.322 e. The lowest BCUT2D eigenvalue weighted by molar-refractivity contribution is -0.115. The molecule has 0 saturated heterocycles. The van der Waals surface area contributed by atoms with Crippen molar-refractivity contribution >= 4 is 40.6 Å². The minimum atomic E-state index is -0.134. The SMILES string of the molecule is Cc1ccccc1C(=O)Nc1ccc(SCC(=O)N(c2ccccc2)c2ccccc2)cc1. The number of hydrogen-bond acceptors (Lipinski definition) is 3. The van der Waals surface area contributed by atoms with Crippen LogP contribution in [0.25, 0.3) is 0 Å². The van der Waals surface area contributed by atoms with Crippen LogP contribution in [0, 0.1) is 6.92 Å². The van der Waals surface area contributed by atoms with Crippen molar-refractivity contribution in [3.8, 4) is 0 Å². The van der Waals surface area contributed by atoms with Crippen LogP contribution in [0.15, 0.2) is 114 Å². The molecule has 1 N–H and O–H groups in total. The van der Waals surface area contributed by atoms with Gasteiger partial charge < -0.3 is 5.32 Å². The smallest absolute Gasteiger partial charge is 0.255 e. The van der Waals surface area contributed by atoms with Gasteiger partial charge in [-0.2, -0.15) is 0 Å². The first kappa shape index (κ1) is 22.4. The van der Waals surface area contributed by atoms with Crippen LogP contribution in [0.1, 0.15) is 15.9 Å². The Kier molecular flexibility index (Phi) is 7.22. The summed E-state index contributed by atoms with van der Waals surface area (Å²) in [6.45, 7) is 1.92. The van der Waals surface area contributed by atoms with Gasteiger partial charge in [0.15, 0.2) is 0 Å². The summed E-state index contributed by atoms with van der Waals surface area (Å²) < 4.78 is 0. The van der Waals surface area contributed by atoms with E-state index in [0.29, 0.717) is 17.0 Å². The highest BCUT2D eigenvalue weighted by atomic mass is 32.2. The van der Waals surface area contributed by atoms with Gasteiger partial charge in [0.2, 0.25) is 5.91 Å². The molecule has 0 spiro atoms. The fourth-order valence-corrected chi connectivity index (χ4v) is 4.21. The maximum absolute atomic E-state index is 13.2. The van der Waals surface area contributed by atoms with Crippen molar-refractivity contribution in [1.29, 1.82) is 0 Å². The monoisotopic (exact) mass is 452 g/mol. The van der Waals surface area contributed by atoms with Gasteiger partial charge in [-0.3, -0.25) is 14.5 Å². The Morgan fingerprint density at radius 2 is 1.27 bits per heavy atom. The lowest BCUT2D eigenvalue weighted by Crippen LogP contribution is -2.27. The molecule has 0 aliphatic carbocycles. The molecule has 4 rings (SSSR count). The third-order valence-corrected chi connectivity index (χ3v) is 6.14. The van der Waals surface area contributed by atoms with Crippen LogP contribution in [-0.2, 0) is 4.79 Å². The van der Waals surface area contributed by atoms with Crippen molar-refractivity contribution in [2.75, 3.05) is 16.0 Å². The van der Waals surface area contributed by atoms with Crippen LogP contribution in [0.5, 0.6) is 0 Å². The van der Waals surface area contributed by atoms with E-state index in [4.69, 9.17) is 0 Å². The third-order valence-electron chi connectivity index (χ3n) is 5.14. The first-order chi connectivity index (χ1) is 16.1. The molecule has 33 heavy (non-hydrogen) atoms. The molecule has 4 aromatic carbocycles. The maximum atomic E-state index is 13.2. The van der Waals surface area contributed by atoms with Gasteiger partial charge in [-0.05, 0) is 67.1 Å². The quantitative estimate of drug-likeness (QED) is 0.317. The Labute approximate surface area is 198 Å². The van der Waals surface area contributed by atoms with Crippen molar-refractivity contribution in [3.05, 3.63) is 120 Å². The van der Waals surface area contributed by atoms with E-state index in [1.165, 1.54) is 11.8 Å². The van der Waals surface area contributed by atoms with E-state index >= 15 is 0 Å². The molecule has 0 saturated carbocycles. The number of benzene rings is 4. The van der Waals surface area contributed by atoms with Gasteiger partial charge in [-0.25, -0.2) is 0 Å². The number of hydrogen-bond donors (Lipinski definition) is 1. The normalized spacial score (nSPS) is 10.5. The molecule has 4 aromatic rings. The Morgan fingerprint density at radius 1 is 0.727 bits per heavy atom. The maximum Gasteiger partial charge on any atom is 0.255 e.